The van der Waals surface area contributed by atoms with Gasteiger partial charge in [0, 0.05) is 5.69 Å². The van der Waals surface area contributed by atoms with Gasteiger partial charge in [0.05, 0.1) is 11.3 Å². The number of hydrogen-bond donors (Lipinski definition) is 3. The summed E-state index contributed by atoms with van der Waals surface area (Å²) in [6.07, 6.45) is 1.31. The molecule has 1 aromatic heterocycles. The maximum Gasteiger partial charge on any atom is 0.355 e. The molecule has 0 fully saturated rings. The van der Waals surface area contributed by atoms with Crippen LogP contribution in [-0.2, 0) is 11.2 Å². The number of nitrogens with zero attached hydrogens (tertiary/aromatic N) is 3. The number of benzene rings is 2. The van der Waals surface area contributed by atoms with Crippen LogP contribution in [-0.4, -0.2) is 20.8 Å². The minimum Gasteiger partial charge on any atom is -0.334 e. The van der Waals surface area contributed by atoms with Gasteiger partial charge >= 0.3 is 5.69 Å². The third-order valence-corrected chi connectivity index (χ3v) is 4.39. The Labute approximate surface area is 167 Å². The first-order chi connectivity index (χ1) is 14.0. The van der Waals surface area contributed by atoms with E-state index in [1.165, 1.54) is 6.33 Å². The van der Waals surface area contributed by atoms with Gasteiger partial charge < -0.3 is 5.32 Å². The third-order valence-electron chi connectivity index (χ3n) is 4.39. The van der Waals surface area contributed by atoms with Crippen molar-refractivity contribution in [3.8, 4) is 0 Å². The zero-order chi connectivity index (χ0) is 20.8. The van der Waals surface area contributed by atoms with E-state index in [1.54, 1.807) is 0 Å². The zero-order valence-corrected chi connectivity index (χ0v) is 16.0. The van der Waals surface area contributed by atoms with Gasteiger partial charge in [-0.2, -0.15) is 0 Å². The van der Waals surface area contributed by atoms with Crippen molar-refractivity contribution in [2.45, 2.75) is 20.3 Å². The Bertz CT molecular complexity index is 1040. The molecule has 0 radical (unpaired) electrons. The molecule has 0 aliphatic heterocycles. The molecular weight excluding hydrogens is 372 g/mol. The fraction of sp³-hybridized carbons (Fsp3) is 0.150. The second-order valence-electron chi connectivity index (χ2n) is 6.38. The van der Waals surface area contributed by atoms with Crippen LogP contribution in [0.5, 0.6) is 0 Å². The lowest BCUT2D eigenvalue weighted by Crippen LogP contribution is -2.31. The van der Waals surface area contributed by atoms with Crippen LogP contribution in [0.25, 0.3) is 0 Å². The molecule has 0 aliphatic carbocycles. The van der Waals surface area contributed by atoms with Gasteiger partial charge in [0.15, 0.2) is 0 Å². The highest BCUT2D eigenvalue weighted by Gasteiger charge is 2.24. The van der Waals surface area contributed by atoms with Gasteiger partial charge in [-0.25, -0.2) is 9.97 Å². The fourth-order valence-electron chi connectivity index (χ4n) is 2.70. The molecule has 29 heavy (non-hydrogen) atoms. The molecule has 9 nitrogen and oxygen atoms in total. The number of aryl methyl sites for hydroxylation is 1. The summed E-state index contributed by atoms with van der Waals surface area (Å²) < 4.78 is 0. The lowest BCUT2D eigenvalue weighted by Gasteiger charge is -2.13. The van der Waals surface area contributed by atoms with Crippen molar-refractivity contribution in [2.75, 3.05) is 10.7 Å². The summed E-state index contributed by atoms with van der Waals surface area (Å²) in [5.41, 5.74) is 8.12. The van der Waals surface area contributed by atoms with Crippen LogP contribution in [0.15, 0.2) is 54.9 Å². The van der Waals surface area contributed by atoms with E-state index in [0.717, 1.165) is 16.7 Å². The topological polar surface area (TPSA) is 122 Å². The minimum atomic E-state index is -0.598. The van der Waals surface area contributed by atoms with Crippen LogP contribution in [0.3, 0.4) is 0 Å². The van der Waals surface area contributed by atoms with Crippen LogP contribution < -0.4 is 16.2 Å². The first kappa shape index (κ1) is 19.7. The lowest BCUT2D eigenvalue weighted by atomic mass is 10.1. The Kier molecular flexibility index (Phi) is 5.98. The molecule has 3 rings (SSSR count). The number of hydrogen-bond acceptors (Lipinski definition) is 7. The van der Waals surface area contributed by atoms with Crippen molar-refractivity contribution in [3.63, 3.8) is 0 Å². The number of nitrogens with one attached hydrogen (secondary N) is 3. The Morgan fingerprint density at radius 2 is 1.76 bits per heavy atom. The van der Waals surface area contributed by atoms with Crippen molar-refractivity contribution in [2.24, 2.45) is 0 Å². The van der Waals surface area contributed by atoms with Crippen molar-refractivity contribution in [1.82, 2.24) is 15.4 Å². The Morgan fingerprint density at radius 1 is 1.03 bits per heavy atom. The van der Waals surface area contributed by atoms with Gasteiger partial charge in [-0.15, -0.1) is 0 Å². The Morgan fingerprint density at radius 3 is 2.48 bits per heavy atom. The highest BCUT2D eigenvalue weighted by molar-refractivity contribution is 5.81. The first-order valence-electron chi connectivity index (χ1n) is 8.87. The predicted octanol–water partition coefficient (Wildman–Crippen LogP) is 3.43. The number of amides is 1. The van der Waals surface area contributed by atoms with E-state index in [0.29, 0.717) is 5.69 Å². The summed E-state index contributed by atoms with van der Waals surface area (Å²) in [6, 6.07) is 14.8. The fourth-order valence-corrected chi connectivity index (χ4v) is 2.70. The van der Waals surface area contributed by atoms with Crippen molar-refractivity contribution in [3.05, 3.63) is 81.7 Å². The normalized spacial score (nSPS) is 10.3. The van der Waals surface area contributed by atoms with Crippen LogP contribution >= 0.6 is 0 Å². The van der Waals surface area contributed by atoms with Gasteiger partial charge in [0.2, 0.25) is 17.5 Å². The molecular formula is C20H20N6O3. The van der Waals surface area contributed by atoms with Crippen LogP contribution in [0, 0.1) is 24.0 Å². The van der Waals surface area contributed by atoms with E-state index in [4.69, 9.17) is 0 Å². The minimum absolute atomic E-state index is 0.0264. The third kappa shape index (κ3) is 4.83. The number of carbonyl (C=O) groups is 1. The van der Waals surface area contributed by atoms with Crippen molar-refractivity contribution >= 4 is 28.9 Å². The molecule has 3 aromatic rings. The van der Waals surface area contributed by atoms with Crippen molar-refractivity contribution < 1.29 is 9.72 Å². The SMILES string of the molecule is Cc1cccc(Nc2ncnc(NNC(=O)Cc3ccccc3)c2[N+](=O)[O-])c1C. The lowest BCUT2D eigenvalue weighted by molar-refractivity contribution is -0.383. The smallest absolute Gasteiger partial charge is 0.334 e. The molecule has 0 aliphatic rings. The quantitative estimate of drug-likeness (QED) is 0.416. The summed E-state index contributed by atoms with van der Waals surface area (Å²) in [7, 11) is 0. The number of nitro groups is 1. The molecule has 1 heterocycles. The first-order valence-corrected chi connectivity index (χ1v) is 8.87. The van der Waals surface area contributed by atoms with Crippen LogP contribution in [0.1, 0.15) is 16.7 Å². The van der Waals surface area contributed by atoms with Gasteiger partial charge in [0.1, 0.15) is 6.33 Å². The molecule has 2 aromatic carbocycles. The summed E-state index contributed by atoms with van der Waals surface area (Å²) in [4.78, 5) is 31.1. The van der Waals surface area contributed by atoms with Gasteiger partial charge in [-0.3, -0.25) is 25.8 Å². The van der Waals surface area contributed by atoms with Gasteiger partial charge in [0.25, 0.3) is 0 Å². The van der Waals surface area contributed by atoms with Gasteiger partial charge in [-0.1, -0.05) is 42.5 Å². The van der Waals surface area contributed by atoms with Crippen molar-refractivity contribution in [1.29, 1.82) is 0 Å². The molecule has 0 saturated heterocycles. The second-order valence-corrected chi connectivity index (χ2v) is 6.38. The average Bonchev–Trinajstić information content (AvgIpc) is 2.70. The predicted molar refractivity (Wildman–Crippen MR) is 110 cm³/mol. The summed E-state index contributed by atoms with van der Waals surface area (Å²) in [6.45, 7) is 3.86. The van der Waals surface area contributed by atoms with Gasteiger partial charge in [-0.05, 0) is 36.6 Å². The maximum absolute atomic E-state index is 12.1. The average molecular weight is 392 g/mol. The number of aromatic nitrogens is 2. The second kappa shape index (κ2) is 8.79. The largest absolute Gasteiger partial charge is 0.355 e. The summed E-state index contributed by atoms with van der Waals surface area (Å²) >= 11 is 0. The number of hydrazine groups is 1. The van der Waals surface area contributed by atoms with E-state index >= 15 is 0 Å². The molecule has 3 N–H and O–H groups in total. The van der Waals surface area contributed by atoms with E-state index in [-0.39, 0.29) is 29.7 Å². The van der Waals surface area contributed by atoms with Crippen LogP contribution in [0.4, 0.5) is 23.0 Å². The number of anilines is 3. The molecule has 0 spiro atoms. The van der Waals surface area contributed by atoms with E-state index in [2.05, 4.69) is 26.1 Å². The Balaban J connectivity index is 1.79. The standard InChI is InChI=1S/C20H20N6O3/c1-13-7-6-10-16(14(13)2)23-19-18(26(28)29)20(22-12-21-19)25-24-17(27)11-15-8-4-3-5-9-15/h3-10,12H,11H2,1-2H3,(H,24,27)(H2,21,22,23,25). The highest BCUT2D eigenvalue weighted by atomic mass is 16.6. The molecule has 148 valence electrons. The number of carbonyl (C=O) groups excluding carboxylic acids is 1. The Hall–Kier alpha value is -4.01. The van der Waals surface area contributed by atoms with Crippen LogP contribution in [0.2, 0.25) is 0 Å². The molecule has 0 saturated carbocycles. The maximum atomic E-state index is 12.1. The highest BCUT2D eigenvalue weighted by Crippen LogP contribution is 2.32. The molecule has 0 atom stereocenters. The molecule has 0 bridgehead atoms. The summed E-state index contributed by atoms with van der Waals surface area (Å²) in [5, 5.41) is 14.6. The molecule has 0 unspecified atom stereocenters. The summed E-state index contributed by atoms with van der Waals surface area (Å²) in [5.74, 6) is -0.439. The van der Waals surface area contributed by atoms with E-state index < -0.39 is 4.92 Å². The van der Waals surface area contributed by atoms with E-state index in [1.807, 2.05) is 62.4 Å². The monoisotopic (exact) mass is 392 g/mol. The zero-order valence-electron chi connectivity index (χ0n) is 16.0. The van der Waals surface area contributed by atoms with E-state index in [9.17, 15) is 14.9 Å². The molecule has 1 amide bonds. The number of rotatable bonds is 7. The molecule has 9 heteroatoms.